The van der Waals surface area contributed by atoms with Gasteiger partial charge in [0.15, 0.2) is 0 Å². The molecule has 0 aliphatic carbocycles. The van der Waals surface area contributed by atoms with E-state index in [1.807, 2.05) is 30.5 Å². The molecule has 1 aliphatic rings. The summed E-state index contributed by atoms with van der Waals surface area (Å²) in [4.78, 5) is 10.2. The van der Waals surface area contributed by atoms with Crippen molar-refractivity contribution in [2.75, 3.05) is 19.7 Å². The second-order valence-electron chi connectivity index (χ2n) is 8.88. The number of halogens is 1. The number of β-amino-alcohol motifs (C(OH)–C–C–N with tert-alkyl or cyclic N) is 1. The van der Waals surface area contributed by atoms with Crippen LogP contribution in [0.4, 0.5) is 0 Å². The molecule has 1 unspecified atom stereocenters. The maximum Gasteiger partial charge on any atom is 0.139 e. The Bertz CT molecular complexity index is 1270. The summed E-state index contributed by atoms with van der Waals surface area (Å²) < 4.78 is 0. The van der Waals surface area contributed by atoms with E-state index in [0.717, 1.165) is 48.6 Å². The van der Waals surface area contributed by atoms with E-state index in [-0.39, 0.29) is 6.61 Å². The maximum atomic E-state index is 9.81. The largest absolute Gasteiger partial charge is 0.394 e. The van der Waals surface area contributed by atoms with Gasteiger partial charge < -0.3 is 15.2 Å². The summed E-state index contributed by atoms with van der Waals surface area (Å²) in [6.07, 6.45) is 2.91. The first-order valence-electron chi connectivity index (χ1n) is 11.6. The van der Waals surface area contributed by atoms with Crippen LogP contribution in [0.15, 0.2) is 72.9 Å². The molecule has 5 rings (SSSR count). The monoisotopic (exact) mass is 473 g/mol. The molecule has 0 saturated carbocycles. The number of nitrogens with zero attached hydrogens (tertiary/aromatic N) is 2. The number of nitrogens with one attached hydrogen (secondary N) is 1. The number of aliphatic hydroxyl groups excluding tert-OH is 2. The van der Waals surface area contributed by atoms with Crippen LogP contribution < -0.4 is 0 Å². The molecule has 0 bridgehead atoms. The van der Waals surface area contributed by atoms with Crippen LogP contribution in [-0.2, 0) is 19.4 Å². The summed E-state index contributed by atoms with van der Waals surface area (Å²) in [5, 5.41) is 19.6. The van der Waals surface area contributed by atoms with Crippen molar-refractivity contribution in [3.05, 3.63) is 100 Å². The number of rotatable bonds is 7. The zero-order valence-corrected chi connectivity index (χ0v) is 19.7. The molecule has 5 nitrogen and oxygen atoms in total. The molecule has 1 atom stereocenters. The van der Waals surface area contributed by atoms with Gasteiger partial charge in [-0.3, -0.25) is 4.90 Å². The van der Waals surface area contributed by atoms with Crippen molar-refractivity contribution in [1.82, 2.24) is 14.9 Å². The Kier molecular flexibility index (Phi) is 6.79. The normalized spacial score (nSPS) is 14.7. The summed E-state index contributed by atoms with van der Waals surface area (Å²) in [7, 11) is 0. The summed E-state index contributed by atoms with van der Waals surface area (Å²) in [5.74, 6) is 0.763. The molecule has 34 heavy (non-hydrogen) atoms. The number of benzene rings is 3. The minimum atomic E-state index is -0.693. The zero-order valence-electron chi connectivity index (χ0n) is 18.9. The van der Waals surface area contributed by atoms with Crippen molar-refractivity contribution in [3.63, 3.8) is 0 Å². The number of aliphatic hydroxyl groups is 2. The van der Waals surface area contributed by atoms with E-state index >= 15 is 0 Å². The second-order valence-corrected chi connectivity index (χ2v) is 9.29. The molecule has 0 amide bonds. The first-order valence-corrected chi connectivity index (χ1v) is 12.0. The lowest BCUT2D eigenvalue weighted by Crippen LogP contribution is -2.38. The standard InChI is InChI=1S/C28H28ClN3O2/c29-26-10-9-19(14-25(26)28-30-15-27(31-28)20-5-2-1-3-6-20)13-21-7-4-8-22-16-32(12-11-24(21)22)17-23(34)18-33/h1-10,14-15,23,33-34H,11-13,16-18H2,(H,30,31). The van der Waals surface area contributed by atoms with Gasteiger partial charge in [-0.05, 0) is 52.8 Å². The van der Waals surface area contributed by atoms with Gasteiger partial charge in [-0.2, -0.15) is 0 Å². The molecular formula is C28H28ClN3O2. The third-order valence-electron chi connectivity index (χ3n) is 6.46. The van der Waals surface area contributed by atoms with Gasteiger partial charge in [0.1, 0.15) is 5.82 Å². The Balaban J connectivity index is 1.38. The quantitative estimate of drug-likeness (QED) is 0.364. The fourth-order valence-corrected chi connectivity index (χ4v) is 4.94. The Labute approximate surface area is 204 Å². The van der Waals surface area contributed by atoms with E-state index in [4.69, 9.17) is 16.7 Å². The molecule has 1 aromatic heterocycles. The fraction of sp³-hybridized carbons (Fsp3) is 0.250. The lowest BCUT2D eigenvalue weighted by atomic mass is 9.90. The Morgan fingerprint density at radius 1 is 1.06 bits per heavy atom. The smallest absolute Gasteiger partial charge is 0.139 e. The van der Waals surface area contributed by atoms with Gasteiger partial charge in [-0.15, -0.1) is 0 Å². The first kappa shape index (κ1) is 22.8. The lowest BCUT2D eigenvalue weighted by Gasteiger charge is -2.31. The van der Waals surface area contributed by atoms with Gasteiger partial charge in [0.25, 0.3) is 0 Å². The first-order chi connectivity index (χ1) is 16.6. The highest BCUT2D eigenvalue weighted by Crippen LogP contribution is 2.31. The molecule has 1 aliphatic heterocycles. The maximum absolute atomic E-state index is 9.81. The third-order valence-corrected chi connectivity index (χ3v) is 6.79. The fourth-order valence-electron chi connectivity index (χ4n) is 4.73. The molecule has 0 saturated heterocycles. The number of fused-ring (bicyclic) bond motifs is 1. The number of aromatic nitrogens is 2. The zero-order chi connectivity index (χ0) is 23.5. The lowest BCUT2D eigenvalue weighted by molar-refractivity contribution is 0.0550. The van der Waals surface area contributed by atoms with Crippen LogP contribution in [-0.4, -0.2) is 50.9 Å². The molecule has 174 valence electrons. The Morgan fingerprint density at radius 2 is 1.91 bits per heavy atom. The molecular weight excluding hydrogens is 446 g/mol. The molecule has 6 heteroatoms. The number of hydrogen-bond acceptors (Lipinski definition) is 4. The average molecular weight is 474 g/mol. The topological polar surface area (TPSA) is 72.4 Å². The molecule has 4 aromatic rings. The Hall–Kier alpha value is -2.96. The van der Waals surface area contributed by atoms with Crippen LogP contribution in [0.25, 0.3) is 22.6 Å². The minimum Gasteiger partial charge on any atom is -0.394 e. The third kappa shape index (κ3) is 4.93. The van der Waals surface area contributed by atoms with Crippen molar-refractivity contribution < 1.29 is 10.2 Å². The van der Waals surface area contributed by atoms with E-state index in [1.54, 1.807) is 0 Å². The summed E-state index contributed by atoms with van der Waals surface area (Å²) in [6, 6.07) is 22.8. The predicted octanol–water partition coefficient (Wildman–Crippen LogP) is 4.70. The molecule has 0 radical (unpaired) electrons. The average Bonchev–Trinajstić information content (AvgIpc) is 3.36. The molecule has 0 fully saturated rings. The minimum absolute atomic E-state index is 0.204. The van der Waals surface area contributed by atoms with Gasteiger partial charge in [-0.25, -0.2) is 4.98 Å². The van der Waals surface area contributed by atoms with Crippen LogP contribution in [0.5, 0.6) is 0 Å². The van der Waals surface area contributed by atoms with Crippen molar-refractivity contribution in [2.24, 2.45) is 0 Å². The van der Waals surface area contributed by atoms with E-state index < -0.39 is 6.10 Å². The van der Waals surface area contributed by atoms with Gasteiger partial charge in [0.2, 0.25) is 0 Å². The van der Waals surface area contributed by atoms with Crippen LogP contribution in [0.2, 0.25) is 5.02 Å². The summed E-state index contributed by atoms with van der Waals surface area (Å²) in [5.41, 5.74) is 8.13. The highest BCUT2D eigenvalue weighted by molar-refractivity contribution is 6.33. The highest BCUT2D eigenvalue weighted by Gasteiger charge is 2.21. The number of H-pyrrole nitrogens is 1. The van der Waals surface area contributed by atoms with Crippen LogP contribution in [0, 0.1) is 0 Å². The number of hydrogen-bond donors (Lipinski definition) is 3. The van der Waals surface area contributed by atoms with Gasteiger partial charge in [0, 0.05) is 25.2 Å². The number of aromatic amines is 1. The van der Waals surface area contributed by atoms with Crippen molar-refractivity contribution >= 4 is 11.6 Å². The highest BCUT2D eigenvalue weighted by atomic mass is 35.5. The van der Waals surface area contributed by atoms with Crippen molar-refractivity contribution in [2.45, 2.75) is 25.5 Å². The molecule has 3 aromatic carbocycles. The van der Waals surface area contributed by atoms with E-state index in [9.17, 15) is 5.11 Å². The number of imidazole rings is 1. The van der Waals surface area contributed by atoms with Crippen molar-refractivity contribution in [1.29, 1.82) is 0 Å². The van der Waals surface area contributed by atoms with Crippen LogP contribution in [0.1, 0.15) is 22.3 Å². The van der Waals surface area contributed by atoms with Crippen LogP contribution in [0.3, 0.4) is 0 Å². The van der Waals surface area contributed by atoms with Crippen molar-refractivity contribution in [3.8, 4) is 22.6 Å². The molecule has 0 spiro atoms. The second kappa shape index (κ2) is 10.1. The van der Waals surface area contributed by atoms with E-state index in [1.165, 1.54) is 22.3 Å². The van der Waals surface area contributed by atoms with Gasteiger partial charge >= 0.3 is 0 Å². The summed E-state index contributed by atoms with van der Waals surface area (Å²) in [6.45, 7) is 1.96. The predicted molar refractivity (Wildman–Crippen MR) is 136 cm³/mol. The van der Waals surface area contributed by atoms with E-state index in [0.29, 0.717) is 11.6 Å². The van der Waals surface area contributed by atoms with Gasteiger partial charge in [-0.1, -0.05) is 66.2 Å². The molecule has 3 N–H and O–H groups in total. The van der Waals surface area contributed by atoms with Crippen LogP contribution >= 0.6 is 11.6 Å². The van der Waals surface area contributed by atoms with E-state index in [2.05, 4.69) is 57.3 Å². The SMILES string of the molecule is OCC(O)CN1CCc2c(Cc3ccc(Cl)c(-c4ncc(-c5ccccc5)[nH]4)c3)cccc2C1. The Morgan fingerprint density at radius 3 is 2.74 bits per heavy atom. The summed E-state index contributed by atoms with van der Waals surface area (Å²) >= 11 is 6.57. The molecule has 2 heterocycles. The van der Waals surface area contributed by atoms with Gasteiger partial charge in [0.05, 0.1) is 29.6 Å².